The fourth-order valence-corrected chi connectivity index (χ4v) is 2.92. The second kappa shape index (κ2) is 6.35. The Morgan fingerprint density at radius 3 is 2.30 bits per heavy atom. The fourth-order valence-electron chi connectivity index (χ4n) is 1.98. The molecule has 3 rings (SSSR count). The van der Waals surface area contributed by atoms with Gasteiger partial charge in [-0.25, -0.2) is 9.97 Å². The fraction of sp³-hybridized carbons (Fsp3) is 0.0588. The third-order valence-corrected chi connectivity index (χ3v) is 4.06. The topological polar surface area (TPSA) is 25.8 Å². The van der Waals surface area contributed by atoms with Crippen LogP contribution in [-0.4, -0.2) is 9.97 Å². The van der Waals surface area contributed by atoms with Crippen molar-refractivity contribution >= 4 is 11.8 Å². The Balaban J connectivity index is 1.84. The van der Waals surface area contributed by atoms with Crippen molar-refractivity contribution < 1.29 is 0 Å². The minimum Gasteiger partial charge on any atom is -0.244 e. The number of benzene rings is 2. The minimum atomic E-state index is 0.914. The molecule has 98 valence electrons. The van der Waals surface area contributed by atoms with E-state index in [4.69, 9.17) is 0 Å². The van der Waals surface area contributed by atoms with E-state index in [2.05, 4.69) is 46.4 Å². The molecule has 2 aromatic carbocycles. The highest BCUT2D eigenvalue weighted by molar-refractivity contribution is 7.98. The summed E-state index contributed by atoms with van der Waals surface area (Å²) < 4.78 is 0. The molecule has 1 heterocycles. The average Bonchev–Trinajstić information content (AvgIpc) is 2.55. The van der Waals surface area contributed by atoms with Gasteiger partial charge in [0.1, 0.15) is 11.4 Å². The SMILES string of the molecule is c1ccc(CSc2ncncc2-c2ccccc2)cc1. The van der Waals surface area contributed by atoms with Crippen LogP contribution in [0.5, 0.6) is 0 Å². The molecule has 2 nitrogen and oxygen atoms in total. The molecular formula is C17H14N2S. The third kappa shape index (κ3) is 3.06. The van der Waals surface area contributed by atoms with Crippen molar-refractivity contribution in [2.24, 2.45) is 0 Å². The van der Waals surface area contributed by atoms with Crippen molar-refractivity contribution in [3.8, 4) is 11.1 Å². The molecule has 20 heavy (non-hydrogen) atoms. The predicted molar refractivity (Wildman–Crippen MR) is 83.5 cm³/mol. The monoisotopic (exact) mass is 278 g/mol. The first-order valence-corrected chi connectivity index (χ1v) is 7.44. The zero-order chi connectivity index (χ0) is 13.6. The summed E-state index contributed by atoms with van der Waals surface area (Å²) in [6, 6.07) is 20.7. The van der Waals surface area contributed by atoms with E-state index < -0.39 is 0 Å². The molecule has 0 fully saturated rings. The zero-order valence-electron chi connectivity index (χ0n) is 10.9. The molecule has 1 aromatic heterocycles. The molecule has 0 radical (unpaired) electrons. The molecule has 0 aliphatic heterocycles. The van der Waals surface area contributed by atoms with Crippen molar-refractivity contribution in [2.45, 2.75) is 10.8 Å². The van der Waals surface area contributed by atoms with E-state index >= 15 is 0 Å². The van der Waals surface area contributed by atoms with E-state index in [0.29, 0.717) is 0 Å². The van der Waals surface area contributed by atoms with Gasteiger partial charge < -0.3 is 0 Å². The first-order valence-electron chi connectivity index (χ1n) is 6.45. The normalized spacial score (nSPS) is 10.4. The Bertz CT molecular complexity index is 669. The van der Waals surface area contributed by atoms with Gasteiger partial charge in [-0.3, -0.25) is 0 Å². The van der Waals surface area contributed by atoms with Gasteiger partial charge in [0.15, 0.2) is 0 Å². The van der Waals surface area contributed by atoms with Gasteiger partial charge in [0.05, 0.1) is 0 Å². The van der Waals surface area contributed by atoms with Crippen molar-refractivity contribution in [3.05, 3.63) is 78.8 Å². The Morgan fingerprint density at radius 2 is 1.55 bits per heavy atom. The number of hydrogen-bond donors (Lipinski definition) is 0. The van der Waals surface area contributed by atoms with Crippen LogP contribution in [0.3, 0.4) is 0 Å². The van der Waals surface area contributed by atoms with E-state index in [-0.39, 0.29) is 0 Å². The van der Waals surface area contributed by atoms with E-state index in [0.717, 1.165) is 21.9 Å². The van der Waals surface area contributed by atoms with Gasteiger partial charge >= 0.3 is 0 Å². The lowest BCUT2D eigenvalue weighted by Crippen LogP contribution is -1.89. The summed E-state index contributed by atoms with van der Waals surface area (Å²) in [4.78, 5) is 8.57. The van der Waals surface area contributed by atoms with Crippen LogP contribution in [0.25, 0.3) is 11.1 Å². The number of aromatic nitrogens is 2. The van der Waals surface area contributed by atoms with Crippen molar-refractivity contribution in [2.75, 3.05) is 0 Å². The van der Waals surface area contributed by atoms with Gasteiger partial charge in [0.25, 0.3) is 0 Å². The van der Waals surface area contributed by atoms with E-state index in [1.165, 1.54) is 5.56 Å². The molecule has 0 bridgehead atoms. The summed E-state index contributed by atoms with van der Waals surface area (Å²) in [5.41, 5.74) is 3.55. The average molecular weight is 278 g/mol. The number of rotatable bonds is 4. The van der Waals surface area contributed by atoms with Crippen molar-refractivity contribution in [1.29, 1.82) is 0 Å². The van der Waals surface area contributed by atoms with Crippen LogP contribution >= 0.6 is 11.8 Å². The van der Waals surface area contributed by atoms with Gasteiger partial charge in [0, 0.05) is 17.5 Å². The molecule has 0 amide bonds. The Kier molecular flexibility index (Phi) is 4.09. The van der Waals surface area contributed by atoms with Crippen molar-refractivity contribution in [1.82, 2.24) is 9.97 Å². The van der Waals surface area contributed by atoms with Crippen LogP contribution in [0.2, 0.25) is 0 Å². The molecule has 3 heteroatoms. The molecule has 0 unspecified atom stereocenters. The maximum atomic E-state index is 4.42. The molecular weight excluding hydrogens is 264 g/mol. The molecule has 0 aliphatic carbocycles. The molecule has 3 aromatic rings. The lowest BCUT2D eigenvalue weighted by atomic mass is 10.1. The molecule has 0 saturated carbocycles. The van der Waals surface area contributed by atoms with Crippen LogP contribution in [-0.2, 0) is 5.75 Å². The van der Waals surface area contributed by atoms with Gasteiger partial charge in [-0.2, -0.15) is 0 Å². The number of hydrogen-bond acceptors (Lipinski definition) is 3. The summed E-state index contributed by atoms with van der Waals surface area (Å²) in [5, 5.41) is 1.02. The maximum absolute atomic E-state index is 4.42. The van der Waals surface area contributed by atoms with Crippen LogP contribution < -0.4 is 0 Å². The highest BCUT2D eigenvalue weighted by atomic mass is 32.2. The molecule has 0 aliphatic rings. The standard InChI is InChI=1S/C17H14N2S/c1-3-7-14(8-4-1)12-20-17-16(11-18-13-19-17)15-9-5-2-6-10-15/h1-11,13H,12H2. The summed E-state index contributed by atoms with van der Waals surface area (Å²) >= 11 is 1.74. The Labute approximate surface area is 122 Å². The van der Waals surface area contributed by atoms with Gasteiger partial charge in [-0.1, -0.05) is 60.7 Å². The third-order valence-electron chi connectivity index (χ3n) is 2.98. The molecule has 0 atom stereocenters. The lowest BCUT2D eigenvalue weighted by molar-refractivity contribution is 1.05. The van der Waals surface area contributed by atoms with Crippen LogP contribution in [0.15, 0.2) is 78.2 Å². The van der Waals surface area contributed by atoms with E-state index in [1.54, 1.807) is 18.1 Å². The Hall–Kier alpha value is -2.13. The highest BCUT2D eigenvalue weighted by Gasteiger charge is 2.07. The maximum Gasteiger partial charge on any atom is 0.116 e. The first-order chi connectivity index (χ1) is 9.93. The van der Waals surface area contributed by atoms with Crippen LogP contribution in [0, 0.1) is 0 Å². The summed E-state index contributed by atoms with van der Waals surface area (Å²) in [6.07, 6.45) is 3.50. The predicted octanol–water partition coefficient (Wildman–Crippen LogP) is 4.44. The van der Waals surface area contributed by atoms with Crippen molar-refractivity contribution in [3.63, 3.8) is 0 Å². The van der Waals surface area contributed by atoms with Gasteiger partial charge in [-0.05, 0) is 11.1 Å². The highest BCUT2D eigenvalue weighted by Crippen LogP contribution is 2.30. The zero-order valence-corrected chi connectivity index (χ0v) is 11.8. The second-order valence-corrected chi connectivity index (χ2v) is 5.35. The molecule has 0 N–H and O–H groups in total. The lowest BCUT2D eigenvalue weighted by Gasteiger charge is -2.07. The van der Waals surface area contributed by atoms with Gasteiger partial charge in [0.2, 0.25) is 0 Å². The largest absolute Gasteiger partial charge is 0.244 e. The first kappa shape index (κ1) is 12.9. The van der Waals surface area contributed by atoms with Crippen LogP contribution in [0.4, 0.5) is 0 Å². The molecule has 0 saturated heterocycles. The van der Waals surface area contributed by atoms with E-state index in [9.17, 15) is 0 Å². The Morgan fingerprint density at radius 1 is 0.850 bits per heavy atom. The summed E-state index contributed by atoms with van der Waals surface area (Å²) in [7, 11) is 0. The quantitative estimate of drug-likeness (QED) is 0.521. The summed E-state index contributed by atoms with van der Waals surface area (Å²) in [5.74, 6) is 0.914. The smallest absolute Gasteiger partial charge is 0.116 e. The molecule has 0 spiro atoms. The number of thioether (sulfide) groups is 1. The minimum absolute atomic E-state index is 0.914. The summed E-state index contributed by atoms with van der Waals surface area (Å²) in [6.45, 7) is 0. The number of nitrogens with zero attached hydrogens (tertiary/aromatic N) is 2. The van der Waals surface area contributed by atoms with Gasteiger partial charge in [-0.15, -0.1) is 11.8 Å². The van der Waals surface area contributed by atoms with E-state index in [1.807, 2.05) is 30.5 Å². The second-order valence-electron chi connectivity index (χ2n) is 4.38. The van der Waals surface area contributed by atoms with Crippen LogP contribution in [0.1, 0.15) is 5.56 Å².